The van der Waals surface area contributed by atoms with Crippen molar-refractivity contribution in [2.75, 3.05) is 0 Å². The molecule has 6 nitrogen and oxygen atoms in total. The summed E-state index contributed by atoms with van der Waals surface area (Å²) in [6.45, 7) is 0. The second-order valence-electron chi connectivity index (χ2n) is 36.4. The van der Waals surface area contributed by atoms with E-state index < -0.39 is 0 Å². The molecule has 0 radical (unpaired) electrons. The third-order valence-corrected chi connectivity index (χ3v) is 31.4. The quantitative estimate of drug-likeness (QED) is 0.113. The summed E-state index contributed by atoms with van der Waals surface area (Å²) in [6.07, 6.45) is 0. The van der Waals surface area contributed by atoms with Crippen molar-refractivity contribution in [3.63, 3.8) is 0 Å². The fourth-order valence-corrected chi connectivity index (χ4v) is 24.7. The Morgan fingerprint density at radius 3 is 0.874 bits per heavy atom. The van der Waals surface area contributed by atoms with Gasteiger partial charge < -0.3 is 0 Å². The van der Waals surface area contributed by atoms with Crippen LogP contribution in [0, 0.1) is 0 Å². The Labute approximate surface area is 836 Å². The molecule has 0 atom stereocenters. The van der Waals surface area contributed by atoms with Gasteiger partial charge in [0.15, 0.2) is 0 Å². The van der Waals surface area contributed by atoms with Gasteiger partial charge in [0, 0.05) is 110 Å². The van der Waals surface area contributed by atoms with Gasteiger partial charge >= 0.3 is 0 Å². The minimum absolute atomic E-state index is 0.885. The van der Waals surface area contributed by atoms with E-state index in [1.807, 2.05) is 64.3 Å². The first-order chi connectivity index (χ1) is 70.9. The molecule has 0 fully saturated rings. The Bertz CT molecular complexity index is 10100. The third kappa shape index (κ3) is 15.1. The van der Waals surface area contributed by atoms with Gasteiger partial charge in [-0.2, -0.15) is 0 Å². The lowest BCUT2D eigenvalue weighted by molar-refractivity contribution is 1.30. The van der Waals surface area contributed by atoms with Gasteiger partial charge in [-0.05, 0) is 171 Å². The molecule has 0 aliphatic rings. The maximum atomic E-state index is 5.45. The Morgan fingerprint density at radius 2 is 0.399 bits per heavy atom. The molecule has 6 aromatic heterocycles. The molecule has 0 N–H and O–H groups in total. The summed E-state index contributed by atoms with van der Waals surface area (Å²) in [5.74, 6) is 0. The summed E-state index contributed by atoms with van der Waals surface area (Å²) >= 11 is 5.59. The van der Waals surface area contributed by atoms with Gasteiger partial charge in [0.1, 0.15) is 0 Å². The minimum atomic E-state index is 0.885. The number of nitrogens with zero attached hydrogens (tertiary/aromatic N) is 6. The minimum Gasteiger partial charge on any atom is -0.244 e. The van der Waals surface area contributed by atoms with Crippen LogP contribution in [-0.2, 0) is 0 Å². The van der Waals surface area contributed by atoms with E-state index >= 15 is 0 Å². The Morgan fingerprint density at radius 1 is 0.126 bits per heavy atom. The van der Waals surface area contributed by atoms with E-state index in [2.05, 4.69) is 467 Å². The summed E-state index contributed by atoms with van der Waals surface area (Å²) in [5.41, 5.74) is 31.8. The van der Waals surface area contributed by atoms with Crippen molar-refractivity contribution in [2.24, 2.45) is 0 Å². The molecule has 0 spiro atoms. The van der Waals surface area contributed by atoms with Crippen molar-refractivity contribution >= 4 is 181 Å². The van der Waals surface area contributed by atoms with Crippen LogP contribution in [0.5, 0.6) is 0 Å². The molecule has 29 aromatic rings. The highest BCUT2D eigenvalue weighted by Gasteiger charge is 2.25. The maximum Gasteiger partial charge on any atom is 0.0973 e. The van der Waals surface area contributed by atoms with E-state index in [0.29, 0.717) is 0 Å². The first kappa shape index (κ1) is 84.3. The molecule has 0 bridgehead atoms. The molecular weight excluding hydrogens is 1790 g/mol. The third-order valence-electron chi connectivity index (χ3n) is 28.0. The van der Waals surface area contributed by atoms with Gasteiger partial charge in [-0.3, -0.25) is 0 Å². The second-order valence-corrected chi connectivity index (χ2v) is 39.6. The van der Waals surface area contributed by atoms with Gasteiger partial charge in [0.25, 0.3) is 0 Å². The smallest absolute Gasteiger partial charge is 0.0973 e. The molecule has 666 valence electrons. The van der Waals surface area contributed by atoms with Crippen molar-refractivity contribution in [1.82, 2.24) is 29.9 Å². The molecule has 0 saturated heterocycles. The largest absolute Gasteiger partial charge is 0.244 e. The number of rotatable bonds is 12. The molecule has 143 heavy (non-hydrogen) atoms. The zero-order valence-corrected chi connectivity index (χ0v) is 79.7. The van der Waals surface area contributed by atoms with E-state index in [0.717, 1.165) is 128 Å². The standard InChI is InChI=1S/2C46H28N2S.C42H26N2S/c1-3-13-29(14-4-1)44-45(30-15-5-2-6-16-30)48-46-38-22-11-20-33(36(38)27-28-40(46)47-44)34-25-26-35(32-18-8-7-17-31(32)34)37-21-12-24-42-43(37)39-19-9-10-23-41(39)49-42;1-2-13-30(14-3-1)44-45(32-25-24-29-12-4-5-15-31(29)28-32)47-40-27-26-36-34(19-10-21-38(36)46(40)48-44)33-16-6-7-17-35(33)37-20-11-23-42-43(37)39-18-8-9-22-41(39)49-42;1-3-10-29(11-4-1)40-41(30-12-5-2-6-13-30)44-42-34-24-22-31(26-32(34)23-25-36(42)43-40)27-18-20-28(21-19-27)33-15-9-17-38-39(33)35-14-7-8-16-37(35)45-38/h2*1-28H;1-26H. The van der Waals surface area contributed by atoms with Crippen LogP contribution in [0.25, 0.3) is 282 Å². The van der Waals surface area contributed by atoms with Gasteiger partial charge in [0.2, 0.25) is 0 Å². The highest BCUT2D eigenvalue weighted by molar-refractivity contribution is 7.26. The highest BCUT2D eigenvalue weighted by Crippen LogP contribution is 2.50. The van der Waals surface area contributed by atoms with Crippen molar-refractivity contribution in [1.29, 1.82) is 0 Å². The lowest BCUT2D eigenvalue weighted by atomic mass is 9.89. The number of hydrogen-bond donors (Lipinski definition) is 0. The molecule has 6 heterocycles. The molecule has 0 aliphatic heterocycles. The summed E-state index contributed by atoms with van der Waals surface area (Å²) in [4.78, 5) is 31.9. The summed E-state index contributed by atoms with van der Waals surface area (Å²) in [7, 11) is 0. The molecule has 0 unspecified atom stereocenters. The van der Waals surface area contributed by atoms with Crippen LogP contribution in [0.2, 0.25) is 0 Å². The molecule has 0 aliphatic carbocycles. The topological polar surface area (TPSA) is 77.3 Å². The fourth-order valence-electron chi connectivity index (χ4n) is 21.4. The predicted octanol–water partition coefficient (Wildman–Crippen LogP) is 37.8. The Hall–Kier alpha value is -18.0. The summed E-state index contributed by atoms with van der Waals surface area (Å²) in [5, 5.41) is 19.6. The highest BCUT2D eigenvalue weighted by atomic mass is 32.1. The van der Waals surface area contributed by atoms with E-state index in [9.17, 15) is 0 Å². The molecule has 23 aromatic carbocycles. The molecular formula is C134H82N6S3. The van der Waals surface area contributed by atoms with Crippen molar-refractivity contribution < 1.29 is 0 Å². The predicted molar refractivity (Wildman–Crippen MR) is 610 cm³/mol. The van der Waals surface area contributed by atoms with E-state index in [1.54, 1.807) is 0 Å². The zero-order chi connectivity index (χ0) is 94.4. The van der Waals surface area contributed by atoms with Crippen LogP contribution in [0.1, 0.15) is 0 Å². The normalized spacial score (nSPS) is 11.6. The number of hydrogen-bond acceptors (Lipinski definition) is 9. The lowest BCUT2D eigenvalue weighted by Gasteiger charge is -2.16. The zero-order valence-electron chi connectivity index (χ0n) is 77.3. The number of benzene rings is 23. The van der Waals surface area contributed by atoms with Gasteiger partial charge in [-0.25, -0.2) is 29.9 Å². The van der Waals surface area contributed by atoms with Gasteiger partial charge in [-0.15, -0.1) is 34.0 Å². The summed E-state index contributed by atoms with van der Waals surface area (Å²) in [6, 6.07) is 177. The molecule has 29 rings (SSSR count). The Balaban J connectivity index is 0.000000107. The molecule has 0 saturated carbocycles. The SMILES string of the molecule is c1ccc(-c2nc3c(ccc4c(-c5ccccc5-c5cccc6sc7ccccc7c56)cccc43)nc2-c2ccc3ccccc3c2)cc1.c1ccc(-c2nc3ccc4c(-c5ccc(-c6cccc7sc8ccccc8c67)c6ccccc56)cccc4c3nc2-c2ccccc2)cc1.c1ccc(-c2nc3ccc4cc(-c5ccc(-c6cccc7sc8ccccc8c67)cc5)ccc4c3nc2-c2ccccc2)cc1. The Kier molecular flexibility index (Phi) is 21.1. The van der Waals surface area contributed by atoms with E-state index in [1.165, 1.54) is 154 Å². The van der Waals surface area contributed by atoms with E-state index in [-0.39, 0.29) is 0 Å². The molecule has 9 heteroatoms. The average Bonchev–Trinajstić information content (AvgIpc) is 1.72. The van der Waals surface area contributed by atoms with E-state index in [4.69, 9.17) is 29.9 Å². The fraction of sp³-hybridized carbons (Fsp3) is 0. The average molecular weight is 1870 g/mol. The van der Waals surface area contributed by atoms with Crippen molar-refractivity contribution in [2.45, 2.75) is 0 Å². The van der Waals surface area contributed by atoms with Gasteiger partial charge in [0.05, 0.1) is 67.3 Å². The van der Waals surface area contributed by atoms with Crippen molar-refractivity contribution in [3.8, 4) is 134 Å². The van der Waals surface area contributed by atoms with Crippen LogP contribution in [-0.4, -0.2) is 29.9 Å². The first-order valence-electron chi connectivity index (χ1n) is 48.3. The van der Waals surface area contributed by atoms with Crippen LogP contribution in [0.4, 0.5) is 0 Å². The number of aromatic nitrogens is 6. The van der Waals surface area contributed by atoms with Crippen molar-refractivity contribution in [3.05, 3.63) is 497 Å². The van der Waals surface area contributed by atoms with Crippen LogP contribution in [0.3, 0.4) is 0 Å². The lowest BCUT2D eigenvalue weighted by Crippen LogP contribution is -1.97. The second kappa shape index (κ2) is 35.8. The first-order valence-corrected chi connectivity index (χ1v) is 50.8. The van der Waals surface area contributed by atoms with Crippen LogP contribution >= 0.6 is 34.0 Å². The molecule has 0 amide bonds. The monoisotopic (exact) mass is 1870 g/mol. The van der Waals surface area contributed by atoms with Gasteiger partial charge in [-0.1, -0.05) is 431 Å². The number of fused-ring (bicyclic) bond motifs is 20. The van der Waals surface area contributed by atoms with Crippen LogP contribution in [0.15, 0.2) is 497 Å². The maximum absolute atomic E-state index is 5.45. The summed E-state index contributed by atoms with van der Waals surface area (Å²) < 4.78 is 7.92. The number of thiophene rings is 3. The van der Waals surface area contributed by atoms with Crippen LogP contribution < -0.4 is 0 Å².